The summed E-state index contributed by atoms with van der Waals surface area (Å²) in [5.74, 6) is -0.983. The molecule has 0 aliphatic heterocycles. The summed E-state index contributed by atoms with van der Waals surface area (Å²) in [4.78, 5) is 52.9. The van der Waals surface area contributed by atoms with Crippen LogP contribution in [0.1, 0.15) is 52.0 Å². The van der Waals surface area contributed by atoms with Crippen molar-refractivity contribution in [3.63, 3.8) is 0 Å². The van der Waals surface area contributed by atoms with E-state index in [1.54, 1.807) is 18.2 Å². The number of carbonyl (C=O) groups is 3. The first-order valence-corrected chi connectivity index (χ1v) is 14.3. The molecule has 1 aliphatic carbocycles. The Morgan fingerprint density at radius 3 is 2.50 bits per heavy atom. The molecule has 3 aromatic rings. The highest BCUT2D eigenvalue weighted by atomic mass is 79.9. The van der Waals surface area contributed by atoms with E-state index >= 15 is 0 Å². The molecule has 4 rings (SSSR count). The van der Waals surface area contributed by atoms with E-state index in [1.807, 2.05) is 45.0 Å². The Morgan fingerprint density at radius 2 is 1.82 bits per heavy atom. The minimum Gasteiger partial charge on any atom is -0.444 e. The number of amides is 3. The van der Waals surface area contributed by atoms with Gasteiger partial charge in [-0.15, -0.1) is 0 Å². The second kappa shape index (κ2) is 12.4. The molecule has 5 N–H and O–H groups in total. The zero-order valence-electron chi connectivity index (χ0n) is 23.0. The number of nitrogens with two attached hydrogens (primary N) is 1. The number of ether oxygens (including phenoxy) is 1. The Labute approximate surface area is 241 Å². The largest absolute Gasteiger partial charge is 0.444 e. The van der Waals surface area contributed by atoms with Crippen LogP contribution in [0.3, 0.4) is 0 Å². The number of alkyl carbamates (subject to hydrolysis) is 1. The molecule has 11 heteroatoms. The summed E-state index contributed by atoms with van der Waals surface area (Å²) in [6.07, 6.45) is 2.40. The van der Waals surface area contributed by atoms with Crippen LogP contribution < -0.4 is 21.5 Å². The Kier molecular flexibility index (Phi) is 9.15. The lowest BCUT2D eigenvalue weighted by Gasteiger charge is -2.32. The van der Waals surface area contributed by atoms with Crippen molar-refractivity contribution in [2.24, 2.45) is 17.6 Å². The number of nitrogens with one attached hydrogen (secondary N) is 3. The maximum absolute atomic E-state index is 13.9. The predicted molar refractivity (Wildman–Crippen MR) is 157 cm³/mol. The van der Waals surface area contributed by atoms with Gasteiger partial charge in [0.1, 0.15) is 5.60 Å². The maximum atomic E-state index is 13.9. The molecule has 214 valence electrons. The van der Waals surface area contributed by atoms with Gasteiger partial charge in [0.2, 0.25) is 5.91 Å². The van der Waals surface area contributed by atoms with Crippen molar-refractivity contribution < 1.29 is 19.1 Å². The zero-order valence-corrected chi connectivity index (χ0v) is 24.5. The van der Waals surface area contributed by atoms with Gasteiger partial charge in [-0.05, 0) is 94.7 Å². The lowest BCUT2D eigenvalue weighted by molar-refractivity contribution is -0.130. The van der Waals surface area contributed by atoms with Crippen LogP contribution in [0.4, 0.5) is 10.5 Å². The number of imide groups is 1. The SMILES string of the molecule is CC(C)(C)OC(=O)NCC1CCC(C(=O)N(C(=O)[C@@H](N)Cc2cccc(Br)c2)c2ccc3c(=O)[nH][nH]c3c2)CC1. The Balaban J connectivity index is 1.49. The van der Waals surface area contributed by atoms with E-state index in [1.165, 1.54) is 4.90 Å². The molecule has 0 radical (unpaired) electrons. The molecule has 0 spiro atoms. The average molecular weight is 615 g/mol. The van der Waals surface area contributed by atoms with Crippen molar-refractivity contribution in [2.75, 3.05) is 11.4 Å². The van der Waals surface area contributed by atoms with E-state index in [2.05, 4.69) is 31.4 Å². The number of nitrogens with zero attached hydrogens (tertiary/aromatic N) is 1. The van der Waals surface area contributed by atoms with E-state index < -0.39 is 23.6 Å². The number of halogens is 1. The minimum absolute atomic E-state index is 0.209. The highest BCUT2D eigenvalue weighted by Crippen LogP contribution is 2.32. The monoisotopic (exact) mass is 613 g/mol. The summed E-state index contributed by atoms with van der Waals surface area (Å²) >= 11 is 3.44. The van der Waals surface area contributed by atoms with Crippen LogP contribution in [0.5, 0.6) is 0 Å². The Hall–Kier alpha value is -3.44. The maximum Gasteiger partial charge on any atom is 0.407 e. The fourth-order valence-corrected chi connectivity index (χ4v) is 5.48. The van der Waals surface area contributed by atoms with Crippen LogP contribution in [0.15, 0.2) is 51.7 Å². The molecular weight excluding hydrogens is 578 g/mol. The molecule has 1 saturated carbocycles. The van der Waals surface area contributed by atoms with Gasteiger partial charge in [0.25, 0.3) is 11.5 Å². The van der Waals surface area contributed by atoms with Gasteiger partial charge in [-0.2, -0.15) is 0 Å². The fraction of sp³-hybridized carbons (Fsp3) is 0.448. The van der Waals surface area contributed by atoms with Crippen molar-refractivity contribution in [3.8, 4) is 0 Å². The zero-order chi connectivity index (χ0) is 29.0. The van der Waals surface area contributed by atoms with Gasteiger partial charge in [-0.3, -0.25) is 24.6 Å². The molecule has 1 heterocycles. The molecule has 0 unspecified atom stereocenters. The molecule has 1 fully saturated rings. The number of hydrogen-bond acceptors (Lipinski definition) is 6. The second-order valence-electron chi connectivity index (χ2n) is 11.4. The molecule has 1 atom stereocenters. The van der Waals surface area contributed by atoms with Crippen molar-refractivity contribution in [3.05, 3.63) is 62.9 Å². The van der Waals surface area contributed by atoms with E-state index in [4.69, 9.17) is 10.5 Å². The molecule has 0 saturated heterocycles. The molecule has 40 heavy (non-hydrogen) atoms. The third-order valence-corrected chi connectivity index (χ3v) is 7.54. The van der Waals surface area contributed by atoms with Crippen molar-refractivity contribution in [1.29, 1.82) is 0 Å². The van der Waals surface area contributed by atoms with Gasteiger partial charge >= 0.3 is 6.09 Å². The van der Waals surface area contributed by atoms with Crippen molar-refractivity contribution in [1.82, 2.24) is 15.5 Å². The number of hydrogen-bond donors (Lipinski definition) is 4. The van der Waals surface area contributed by atoms with Gasteiger partial charge in [0, 0.05) is 16.9 Å². The first kappa shape index (κ1) is 29.5. The van der Waals surface area contributed by atoms with Crippen LogP contribution in [0.2, 0.25) is 0 Å². The van der Waals surface area contributed by atoms with Crippen molar-refractivity contribution in [2.45, 2.75) is 64.5 Å². The van der Waals surface area contributed by atoms with Gasteiger partial charge in [-0.25, -0.2) is 9.69 Å². The van der Waals surface area contributed by atoms with Crippen LogP contribution in [0.25, 0.3) is 10.9 Å². The fourth-order valence-electron chi connectivity index (χ4n) is 5.04. The van der Waals surface area contributed by atoms with E-state index in [0.717, 1.165) is 22.9 Å². The first-order valence-electron chi connectivity index (χ1n) is 13.5. The van der Waals surface area contributed by atoms with E-state index in [-0.39, 0.29) is 29.7 Å². The normalized spacial score (nSPS) is 18.2. The van der Waals surface area contributed by atoms with Crippen LogP contribution in [0, 0.1) is 11.8 Å². The topological polar surface area (TPSA) is 150 Å². The summed E-state index contributed by atoms with van der Waals surface area (Å²) in [5.41, 5.74) is 7.24. The summed E-state index contributed by atoms with van der Waals surface area (Å²) in [6.45, 7) is 5.90. The summed E-state index contributed by atoms with van der Waals surface area (Å²) in [5, 5.41) is 8.57. The quantitative estimate of drug-likeness (QED) is 0.310. The number of rotatable bonds is 7. The molecule has 1 aliphatic rings. The number of carbonyl (C=O) groups excluding carboxylic acids is 3. The number of fused-ring (bicyclic) bond motifs is 1. The van der Waals surface area contributed by atoms with E-state index in [0.29, 0.717) is 36.0 Å². The highest BCUT2D eigenvalue weighted by Gasteiger charge is 2.35. The third kappa shape index (κ3) is 7.39. The van der Waals surface area contributed by atoms with Crippen LogP contribution in [-0.4, -0.2) is 46.3 Å². The van der Waals surface area contributed by atoms with Crippen LogP contribution in [-0.2, 0) is 20.7 Å². The molecule has 10 nitrogen and oxygen atoms in total. The minimum atomic E-state index is -0.950. The number of aromatic nitrogens is 2. The third-order valence-electron chi connectivity index (χ3n) is 7.05. The van der Waals surface area contributed by atoms with Gasteiger partial charge < -0.3 is 15.8 Å². The Morgan fingerprint density at radius 1 is 1.10 bits per heavy atom. The first-order chi connectivity index (χ1) is 18.9. The summed E-state index contributed by atoms with van der Waals surface area (Å²) in [7, 11) is 0. The van der Waals surface area contributed by atoms with E-state index in [9.17, 15) is 19.2 Å². The summed E-state index contributed by atoms with van der Waals surface area (Å²) in [6, 6.07) is 11.4. The smallest absolute Gasteiger partial charge is 0.407 e. The number of anilines is 1. The molecule has 1 aromatic heterocycles. The highest BCUT2D eigenvalue weighted by molar-refractivity contribution is 9.10. The van der Waals surface area contributed by atoms with Gasteiger partial charge in [0.15, 0.2) is 0 Å². The lowest BCUT2D eigenvalue weighted by atomic mass is 9.81. The van der Waals surface area contributed by atoms with Crippen molar-refractivity contribution >= 4 is 50.4 Å². The summed E-state index contributed by atoms with van der Waals surface area (Å²) < 4.78 is 6.18. The molecule has 3 amide bonds. The lowest BCUT2D eigenvalue weighted by Crippen LogP contribution is -2.50. The van der Waals surface area contributed by atoms with Gasteiger partial charge in [0.05, 0.1) is 22.6 Å². The van der Waals surface area contributed by atoms with Gasteiger partial charge in [-0.1, -0.05) is 28.1 Å². The number of H-pyrrole nitrogens is 2. The standard InChI is InChI=1S/C29H36BrN5O5/c1-29(2,3)40-28(39)32-16-17-7-9-19(10-8-17)26(37)35(21-11-12-22-24(15-21)33-34-25(22)36)27(38)23(31)14-18-5-4-6-20(30)13-18/h4-6,11-13,15,17,19,23H,7-10,14,16,31H2,1-3H3,(H,32,39)(H2,33,34,36)/t17?,19?,23-/m0/s1. The molecule has 0 bridgehead atoms. The predicted octanol–water partition coefficient (Wildman–Crippen LogP) is 4.38. The van der Waals surface area contributed by atoms with Crippen LogP contribution >= 0.6 is 15.9 Å². The molecule has 2 aromatic carbocycles. The second-order valence-corrected chi connectivity index (χ2v) is 12.3. The number of benzene rings is 2. The number of aromatic amines is 2. The molecular formula is C29H36BrN5O5. The average Bonchev–Trinajstić information content (AvgIpc) is 3.26. The Bertz CT molecular complexity index is 1430.